The summed E-state index contributed by atoms with van der Waals surface area (Å²) in [7, 11) is -0.352. The Kier molecular flexibility index (Phi) is 7.05. The van der Waals surface area contributed by atoms with Crippen LogP contribution < -0.4 is 9.47 Å². The standard InChI is InChI=1S/C21H28N2O5S2/c1-15-14-19(16(2)29-15)30(25,26)23-12-10-22(11-13-23)20(24)9-8-17-6-5-7-18(27-3)21(17)28-4/h5-7,14H,8-13H2,1-4H3. The van der Waals surface area contributed by atoms with Crippen molar-refractivity contribution in [1.82, 2.24) is 9.21 Å². The van der Waals surface area contributed by atoms with E-state index in [4.69, 9.17) is 9.47 Å². The predicted molar refractivity (Wildman–Crippen MR) is 117 cm³/mol. The van der Waals surface area contributed by atoms with Gasteiger partial charge in [-0.3, -0.25) is 4.79 Å². The molecule has 9 heteroatoms. The second-order valence-electron chi connectivity index (χ2n) is 7.22. The van der Waals surface area contributed by atoms with Gasteiger partial charge >= 0.3 is 0 Å². The molecule has 0 atom stereocenters. The van der Waals surface area contributed by atoms with E-state index >= 15 is 0 Å². The van der Waals surface area contributed by atoms with Gasteiger partial charge in [-0.05, 0) is 38.0 Å². The molecule has 0 aliphatic carbocycles. The quantitative estimate of drug-likeness (QED) is 0.646. The van der Waals surface area contributed by atoms with Crippen LogP contribution in [-0.4, -0.2) is 63.9 Å². The van der Waals surface area contributed by atoms with Crippen LogP contribution in [0.3, 0.4) is 0 Å². The molecule has 3 rings (SSSR count). The monoisotopic (exact) mass is 452 g/mol. The normalized spacial score (nSPS) is 15.3. The molecule has 0 spiro atoms. The molecule has 0 N–H and O–H groups in total. The smallest absolute Gasteiger partial charge is 0.244 e. The van der Waals surface area contributed by atoms with Crippen molar-refractivity contribution in [2.45, 2.75) is 31.6 Å². The summed E-state index contributed by atoms with van der Waals surface area (Å²) in [6, 6.07) is 7.35. The van der Waals surface area contributed by atoms with Crippen LogP contribution in [0.4, 0.5) is 0 Å². The molecule has 0 saturated carbocycles. The Morgan fingerprint density at radius 1 is 1.10 bits per heavy atom. The summed E-state index contributed by atoms with van der Waals surface area (Å²) in [5.74, 6) is 1.30. The molecule has 1 aliphatic heterocycles. The SMILES string of the molecule is COc1cccc(CCC(=O)N2CCN(S(=O)(=O)c3cc(C)sc3C)CC2)c1OC. The van der Waals surface area contributed by atoms with Crippen molar-refractivity contribution in [2.75, 3.05) is 40.4 Å². The Hall–Kier alpha value is -2.10. The molecule has 1 aliphatic rings. The van der Waals surface area contributed by atoms with Gasteiger partial charge in [0.15, 0.2) is 11.5 Å². The molecule has 164 valence electrons. The highest BCUT2D eigenvalue weighted by Gasteiger charge is 2.31. The van der Waals surface area contributed by atoms with E-state index in [1.54, 1.807) is 25.2 Å². The first-order valence-corrected chi connectivity index (χ1v) is 12.1. The van der Waals surface area contributed by atoms with Crippen LogP contribution in [0.5, 0.6) is 11.5 Å². The lowest BCUT2D eigenvalue weighted by atomic mass is 10.1. The minimum Gasteiger partial charge on any atom is -0.493 e. The van der Waals surface area contributed by atoms with Gasteiger partial charge in [-0.15, -0.1) is 11.3 Å². The summed E-state index contributed by atoms with van der Waals surface area (Å²) in [4.78, 5) is 16.6. The van der Waals surface area contributed by atoms with Crippen LogP contribution in [0.1, 0.15) is 21.7 Å². The number of aryl methyl sites for hydroxylation is 3. The van der Waals surface area contributed by atoms with Gasteiger partial charge in [-0.1, -0.05) is 12.1 Å². The number of ether oxygens (including phenoxy) is 2. The number of carbonyl (C=O) groups is 1. The van der Waals surface area contributed by atoms with Crippen molar-refractivity contribution < 1.29 is 22.7 Å². The van der Waals surface area contributed by atoms with Crippen molar-refractivity contribution >= 4 is 27.3 Å². The first-order chi connectivity index (χ1) is 14.3. The number of hydrogen-bond donors (Lipinski definition) is 0. The van der Waals surface area contributed by atoms with Crippen molar-refractivity contribution in [3.63, 3.8) is 0 Å². The number of rotatable bonds is 7. The van der Waals surface area contributed by atoms with Crippen molar-refractivity contribution in [1.29, 1.82) is 0 Å². The third kappa shape index (κ3) is 4.63. The molecule has 0 unspecified atom stereocenters. The molecule has 1 aromatic heterocycles. The molecule has 1 saturated heterocycles. The lowest BCUT2D eigenvalue weighted by Crippen LogP contribution is -2.50. The molecular formula is C21H28N2O5S2. The third-order valence-corrected chi connectivity index (χ3v) is 8.42. The van der Waals surface area contributed by atoms with E-state index in [9.17, 15) is 13.2 Å². The molecule has 1 aromatic carbocycles. The fourth-order valence-electron chi connectivity index (χ4n) is 3.73. The van der Waals surface area contributed by atoms with Gasteiger partial charge in [0.05, 0.1) is 19.1 Å². The summed E-state index contributed by atoms with van der Waals surface area (Å²) in [5, 5.41) is 0. The van der Waals surface area contributed by atoms with E-state index in [0.29, 0.717) is 55.4 Å². The van der Waals surface area contributed by atoms with E-state index in [2.05, 4.69) is 0 Å². The number of nitrogens with zero attached hydrogens (tertiary/aromatic N) is 2. The maximum atomic E-state index is 12.9. The highest BCUT2D eigenvalue weighted by molar-refractivity contribution is 7.89. The van der Waals surface area contributed by atoms with Crippen LogP contribution >= 0.6 is 11.3 Å². The Balaban J connectivity index is 1.59. The van der Waals surface area contributed by atoms with E-state index in [0.717, 1.165) is 15.3 Å². The van der Waals surface area contributed by atoms with Gasteiger partial charge in [-0.25, -0.2) is 8.42 Å². The summed E-state index contributed by atoms with van der Waals surface area (Å²) in [6.45, 7) is 5.16. The molecule has 0 bridgehead atoms. The zero-order valence-corrected chi connectivity index (χ0v) is 19.4. The number of para-hydroxylation sites is 1. The Morgan fingerprint density at radius 3 is 2.37 bits per heavy atom. The Labute approximate surface area is 182 Å². The number of methoxy groups -OCH3 is 2. The van der Waals surface area contributed by atoms with Gasteiger partial charge in [0.25, 0.3) is 0 Å². The van der Waals surface area contributed by atoms with Gasteiger partial charge in [0.1, 0.15) is 0 Å². The average Bonchev–Trinajstić information content (AvgIpc) is 3.10. The first kappa shape index (κ1) is 22.6. The van der Waals surface area contributed by atoms with Gasteiger partial charge in [0.2, 0.25) is 15.9 Å². The fourth-order valence-corrected chi connectivity index (χ4v) is 6.68. The van der Waals surface area contributed by atoms with Crippen molar-refractivity contribution in [2.24, 2.45) is 0 Å². The van der Waals surface area contributed by atoms with Crippen LogP contribution in [0.2, 0.25) is 0 Å². The molecule has 1 amide bonds. The van der Waals surface area contributed by atoms with Crippen LogP contribution in [-0.2, 0) is 21.2 Å². The number of amides is 1. The average molecular weight is 453 g/mol. The van der Waals surface area contributed by atoms with E-state index in [-0.39, 0.29) is 5.91 Å². The zero-order valence-electron chi connectivity index (χ0n) is 17.8. The second-order valence-corrected chi connectivity index (χ2v) is 10.6. The van der Waals surface area contributed by atoms with E-state index in [1.165, 1.54) is 15.6 Å². The topological polar surface area (TPSA) is 76.2 Å². The third-order valence-electron chi connectivity index (χ3n) is 5.30. The summed E-state index contributed by atoms with van der Waals surface area (Å²) in [6.07, 6.45) is 0.865. The molecule has 7 nitrogen and oxygen atoms in total. The van der Waals surface area contributed by atoms with E-state index in [1.807, 2.05) is 32.0 Å². The lowest BCUT2D eigenvalue weighted by Gasteiger charge is -2.34. The zero-order chi connectivity index (χ0) is 21.9. The minimum absolute atomic E-state index is 0.0134. The van der Waals surface area contributed by atoms with Crippen molar-refractivity contribution in [3.05, 3.63) is 39.6 Å². The van der Waals surface area contributed by atoms with Gasteiger partial charge < -0.3 is 14.4 Å². The number of hydrogen-bond acceptors (Lipinski definition) is 6. The molecule has 2 aromatic rings. The number of thiophene rings is 1. The molecule has 0 radical (unpaired) electrons. The van der Waals surface area contributed by atoms with Crippen LogP contribution in [0, 0.1) is 13.8 Å². The highest BCUT2D eigenvalue weighted by Crippen LogP contribution is 2.32. The lowest BCUT2D eigenvalue weighted by molar-refractivity contribution is -0.132. The Bertz CT molecular complexity index is 1010. The summed E-state index contributed by atoms with van der Waals surface area (Å²) in [5.41, 5.74) is 0.912. The predicted octanol–water partition coefficient (Wildman–Crippen LogP) is 2.85. The largest absolute Gasteiger partial charge is 0.493 e. The maximum Gasteiger partial charge on any atom is 0.244 e. The minimum atomic E-state index is -3.52. The van der Waals surface area contributed by atoms with Gasteiger partial charge in [0, 0.05) is 42.4 Å². The highest BCUT2D eigenvalue weighted by atomic mass is 32.2. The number of piperazine rings is 1. The maximum absolute atomic E-state index is 12.9. The Morgan fingerprint density at radius 2 is 1.80 bits per heavy atom. The number of benzene rings is 1. The second kappa shape index (κ2) is 9.36. The molecule has 30 heavy (non-hydrogen) atoms. The first-order valence-electron chi connectivity index (χ1n) is 9.82. The summed E-state index contributed by atoms with van der Waals surface area (Å²) >= 11 is 1.49. The molecular weight excluding hydrogens is 424 g/mol. The molecule has 1 fully saturated rings. The fraction of sp³-hybridized carbons (Fsp3) is 0.476. The van der Waals surface area contributed by atoms with Crippen LogP contribution in [0.25, 0.3) is 0 Å². The molecule has 2 heterocycles. The van der Waals surface area contributed by atoms with Crippen molar-refractivity contribution in [3.8, 4) is 11.5 Å². The summed E-state index contributed by atoms with van der Waals surface area (Å²) < 4.78 is 38.1. The van der Waals surface area contributed by atoms with E-state index < -0.39 is 10.0 Å². The van der Waals surface area contributed by atoms with Gasteiger partial charge in [-0.2, -0.15) is 4.31 Å². The van der Waals surface area contributed by atoms with Crippen LogP contribution in [0.15, 0.2) is 29.2 Å². The number of sulfonamides is 1. The number of carbonyl (C=O) groups excluding carboxylic acids is 1.